The van der Waals surface area contributed by atoms with Gasteiger partial charge in [-0.25, -0.2) is 4.39 Å². The van der Waals surface area contributed by atoms with Crippen molar-refractivity contribution in [3.05, 3.63) is 81.6 Å². The zero-order chi connectivity index (χ0) is 15.0. The van der Waals surface area contributed by atoms with Crippen LogP contribution in [0, 0.1) is 12.7 Å². The molecule has 0 spiro atoms. The topological polar surface area (TPSA) is 17.1 Å². The van der Waals surface area contributed by atoms with E-state index in [1.54, 1.807) is 6.07 Å². The molecule has 0 amide bonds. The summed E-state index contributed by atoms with van der Waals surface area (Å²) < 4.78 is 14.1. The van der Waals surface area contributed by atoms with Crippen molar-refractivity contribution < 1.29 is 9.18 Å². The minimum Gasteiger partial charge on any atom is -0.289 e. The van der Waals surface area contributed by atoms with E-state index in [4.69, 9.17) is 0 Å². The Morgan fingerprint density at radius 1 is 1.05 bits per heavy atom. The monoisotopic (exact) mass is 342 g/mol. The molecule has 0 radical (unpaired) electrons. The summed E-state index contributed by atoms with van der Waals surface area (Å²) in [6.07, 6.45) is 0. The van der Waals surface area contributed by atoms with Gasteiger partial charge >= 0.3 is 0 Å². The lowest BCUT2D eigenvalue weighted by atomic mass is 9.93. The first-order valence-electron chi connectivity index (χ1n) is 6.56. The van der Waals surface area contributed by atoms with Crippen molar-refractivity contribution in [3.63, 3.8) is 0 Å². The molecule has 0 atom stereocenters. The highest BCUT2D eigenvalue weighted by Gasteiger charge is 2.18. The van der Waals surface area contributed by atoms with Gasteiger partial charge in [-0.15, -0.1) is 0 Å². The summed E-state index contributed by atoms with van der Waals surface area (Å²) in [4.78, 5) is 12.9. The van der Waals surface area contributed by atoms with Gasteiger partial charge in [0, 0.05) is 15.6 Å². The molecular formula is C18H12BrFO. The third-order valence-electron chi connectivity index (χ3n) is 3.54. The van der Waals surface area contributed by atoms with Crippen LogP contribution in [0.15, 0.2) is 59.1 Å². The SMILES string of the molecule is Cc1ccc2ccccc2c1C(=O)c1cc(F)ccc1Br. The van der Waals surface area contributed by atoms with Gasteiger partial charge in [-0.1, -0.05) is 52.3 Å². The van der Waals surface area contributed by atoms with Gasteiger partial charge in [0.05, 0.1) is 0 Å². The standard InChI is InChI=1S/C18H12BrFO/c1-11-6-7-12-4-2-3-5-14(12)17(11)18(21)15-10-13(20)8-9-16(15)19/h2-10H,1H3. The maximum Gasteiger partial charge on any atom is 0.195 e. The molecule has 0 saturated heterocycles. The van der Waals surface area contributed by atoms with Crippen LogP contribution in [0.4, 0.5) is 4.39 Å². The molecule has 0 unspecified atom stereocenters. The molecule has 0 aliphatic heterocycles. The lowest BCUT2D eigenvalue weighted by molar-refractivity contribution is 0.103. The van der Waals surface area contributed by atoms with Crippen LogP contribution in [0.2, 0.25) is 0 Å². The third kappa shape index (κ3) is 2.49. The van der Waals surface area contributed by atoms with Crippen LogP contribution >= 0.6 is 15.9 Å². The molecular weight excluding hydrogens is 331 g/mol. The second-order valence-corrected chi connectivity index (χ2v) is 5.79. The van der Waals surface area contributed by atoms with E-state index in [-0.39, 0.29) is 5.78 Å². The van der Waals surface area contributed by atoms with Crippen molar-refractivity contribution in [2.75, 3.05) is 0 Å². The molecule has 0 N–H and O–H groups in total. The maximum absolute atomic E-state index is 13.5. The zero-order valence-corrected chi connectivity index (χ0v) is 12.9. The molecule has 21 heavy (non-hydrogen) atoms. The molecule has 3 aromatic rings. The summed E-state index contributed by atoms with van der Waals surface area (Å²) in [5.41, 5.74) is 1.85. The minimum absolute atomic E-state index is 0.171. The number of ketones is 1. The highest BCUT2D eigenvalue weighted by Crippen LogP contribution is 2.28. The van der Waals surface area contributed by atoms with E-state index in [0.29, 0.717) is 15.6 Å². The fraction of sp³-hybridized carbons (Fsp3) is 0.0556. The Morgan fingerprint density at radius 2 is 1.81 bits per heavy atom. The lowest BCUT2D eigenvalue weighted by Gasteiger charge is -2.11. The molecule has 0 fully saturated rings. The van der Waals surface area contributed by atoms with Crippen LogP contribution < -0.4 is 0 Å². The zero-order valence-electron chi connectivity index (χ0n) is 11.4. The molecule has 0 heterocycles. The fourth-order valence-corrected chi connectivity index (χ4v) is 2.91. The number of halogens is 2. The molecule has 0 aliphatic rings. The molecule has 0 aromatic heterocycles. The number of aryl methyl sites for hydroxylation is 1. The van der Waals surface area contributed by atoms with Gasteiger partial charge in [0.25, 0.3) is 0 Å². The predicted octanol–water partition coefficient (Wildman–Crippen LogP) is 5.28. The van der Waals surface area contributed by atoms with Gasteiger partial charge in [0.2, 0.25) is 0 Å². The molecule has 104 valence electrons. The van der Waals surface area contributed by atoms with Crippen LogP contribution in [0.5, 0.6) is 0 Å². The van der Waals surface area contributed by atoms with E-state index in [1.807, 2.05) is 43.3 Å². The largest absolute Gasteiger partial charge is 0.289 e. The number of hydrogen-bond donors (Lipinski definition) is 0. The first-order chi connectivity index (χ1) is 10.1. The van der Waals surface area contributed by atoms with Gasteiger partial charge in [0.1, 0.15) is 5.82 Å². The number of hydrogen-bond acceptors (Lipinski definition) is 1. The Hall–Kier alpha value is -2.00. The van der Waals surface area contributed by atoms with Crippen LogP contribution in [0.3, 0.4) is 0 Å². The summed E-state index contributed by atoms with van der Waals surface area (Å²) in [6.45, 7) is 1.90. The highest BCUT2D eigenvalue weighted by molar-refractivity contribution is 9.10. The fourth-order valence-electron chi connectivity index (χ4n) is 2.49. The highest BCUT2D eigenvalue weighted by atomic mass is 79.9. The van der Waals surface area contributed by atoms with E-state index in [1.165, 1.54) is 12.1 Å². The van der Waals surface area contributed by atoms with E-state index >= 15 is 0 Å². The van der Waals surface area contributed by atoms with Gasteiger partial charge in [-0.3, -0.25) is 4.79 Å². The number of fused-ring (bicyclic) bond motifs is 1. The summed E-state index contributed by atoms with van der Waals surface area (Å²) >= 11 is 3.33. The third-order valence-corrected chi connectivity index (χ3v) is 4.23. The Bertz CT molecular complexity index is 855. The van der Waals surface area contributed by atoms with Crippen molar-refractivity contribution in [1.29, 1.82) is 0 Å². The summed E-state index contributed by atoms with van der Waals surface area (Å²) in [5, 5.41) is 1.89. The van der Waals surface area contributed by atoms with Crippen molar-refractivity contribution >= 4 is 32.5 Å². The Kier molecular flexibility index (Phi) is 3.60. The van der Waals surface area contributed by atoms with Gasteiger partial charge in [-0.05, 0) is 41.5 Å². The lowest BCUT2D eigenvalue weighted by Crippen LogP contribution is -2.06. The van der Waals surface area contributed by atoms with E-state index in [0.717, 1.165) is 16.3 Å². The van der Waals surface area contributed by atoms with E-state index < -0.39 is 5.82 Å². The number of carbonyl (C=O) groups excluding carboxylic acids is 1. The molecule has 3 rings (SSSR count). The van der Waals surface area contributed by atoms with Crippen molar-refractivity contribution in [1.82, 2.24) is 0 Å². The summed E-state index contributed by atoms with van der Waals surface area (Å²) in [5.74, 6) is -0.588. The van der Waals surface area contributed by atoms with Crippen molar-refractivity contribution in [2.24, 2.45) is 0 Å². The second kappa shape index (κ2) is 5.41. The van der Waals surface area contributed by atoms with E-state index in [9.17, 15) is 9.18 Å². The molecule has 0 aliphatic carbocycles. The average Bonchev–Trinajstić information content (AvgIpc) is 2.49. The second-order valence-electron chi connectivity index (χ2n) is 4.93. The number of benzene rings is 3. The van der Waals surface area contributed by atoms with E-state index in [2.05, 4.69) is 15.9 Å². The number of rotatable bonds is 2. The Morgan fingerprint density at radius 3 is 2.62 bits per heavy atom. The van der Waals surface area contributed by atoms with Crippen LogP contribution in [0.1, 0.15) is 21.5 Å². The van der Waals surface area contributed by atoms with Gasteiger partial charge in [-0.2, -0.15) is 0 Å². The molecule has 3 heteroatoms. The predicted molar refractivity (Wildman–Crippen MR) is 86.2 cm³/mol. The molecule has 1 nitrogen and oxygen atoms in total. The quantitative estimate of drug-likeness (QED) is 0.579. The smallest absolute Gasteiger partial charge is 0.195 e. The van der Waals surface area contributed by atoms with Gasteiger partial charge < -0.3 is 0 Å². The molecule has 3 aromatic carbocycles. The summed E-state index contributed by atoms with van der Waals surface area (Å²) in [7, 11) is 0. The first kappa shape index (κ1) is 14.0. The molecule has 0 bridgehead atoms. The van der Waals surface area contributed by atoms with Crippen LogP contribution in [-0.2, 0) is 0 Å². The number of carbonyl (C=O) groups is 1. The van der Waals surface area contributed by atoms with Crippen LogP contribution in [-0.4, -0.2) is 5.78 Å². The minimum atomic E-state index is -0.417. The summed E-state index contributed by atoms with van der Waals surface area (Å²) in [6, 6.07) is 15.8. The average molecular weight is 343 g/mol. The van der Waals surface area contributed by atoms with Gasteiger partial charge in [0.15, 0.2) is 5.78 Å². The normalized spacial score (nSPS) is 10.8. The Labute approximate surface area is 130 Å². The van der Waals surface area contributed by atoms with Crippen molar-refractivity contribution in [2.45, 2.75) is 6.92 Å². The van der Waals surface area contributed by atoms with Crippen LogP contribution in [0.25, 0.3) is 10.8 Å². The van der Waals surface area contributed by atoms with Crippen molar-refractivity contribution in [3.8, 4) is 0 Å². The Balaban J connectivity index is 2.27. The molecule has 0 saturated carbocycles. The first-order valence-corrected chi connectivity index (χ1v) is 7.35. The maximum atomic E-state index is 13.5.